The van der Waals surface area contributed by atoms with E-state index in [-0.39, 0.29) is 28.8 Å². The second-order valence-electron chi connectivity index (χ2n) is 7.78. The summed E-state index contributed by atoms with van der Waals surface area (Å²) in [6, 6.07) is 10.1. The van der Waals surface area contributed by atoms with Crippen LogP contribution in [0.3, 0.4) is 0 Å². The summed E-state index contributed by atoms with van der Waals surface area (Å²) in [6.07, 6.45) is -4.65. The Morgan fingerprint density at radius 1 is 1.19 bits per heavy atom. The van der Waals surface area contributed by atoms with Gasteiger partial charge in [0.1, 0.15) is 0 Å². The number of fused-ring (bicyclic) bond motifs is 1. The lowest BCUT2D eigenvalue weighted by molar-refractivity contribution is -0.137. The summed E-state index contributed by atoms with van der Waals surface area (Å²) in [5.74, 6) is -0.807. The highest BCUT2D eigenvalue weighted by atomic mass is 35.5. The number of hydrogen-bond donors (Lipinski definition) is 0. The van der Waals surface area contributed by atoms with Crippen molar-refractivity contribution in [1.29, 1.82) is 0 Å². The highest BCUT2D eigenvalue weighted by molar-refractivity contribution is 8.16. The predicted molar refractivity (Wildman–Crippen MR) is 120 cm³/mol. The summed E-state index contributed by atoms with van der Waals surface area (Å²) in [5.41, 5.74) is 0.868. The maximum absolute atomic E-state index is 13.4. The number of amidine groups is 1. The van der Waals surface area contributed by atoms with E-state index in [0.29, 0.717) is 0 Å². The second kappa shape index (κ2) is 8.39. The lowest BCUT2D eigenvalue weighted by Crippen LogP contribution is -2.38. The summed E-state index contributed by atoms with van der Waals surface area (Å²) < 4.78 is 64.5. The van der Waals surface area contributed by atoms with Gasteiger partial charge in [0.2, 0.25) is 0 Å². The number of nitrogens with zero attached hydrogens (tertiary/aromatic N) is 2. The first kappa shape index (κ1) is 23.1. The van der Waals surface area contributed by atoms with Gasteiger partial charge in [-0.3, -0.25) is 4.79 Å². The van der Waals surface area contributed by atoms with E-state index in [9.17, 15) is 26.4 Å². The van der Waals surface area contributed by atoms with Gasteiger partial charge < -0.3 is 4.90 Å². The van der Waals surface area contributed by atoms with Crippen molar-refractivity contribution in [2.75, 3.05) is 16.4 Å². The molecule has 2 aromatic rings. The van der Waals surface area contributed by atoms with Crippen LogP contribution in [0.2, 0.25) is 5.02 Å². The number of sulfone groups is 1. The number of benzene rings is 2. The molecule has 0 aliphatic carbocycles. The number of alkyl halides is 3. The molecule has 2 aromatic carbocycles. The van der Waals surface area contributed by atoms with Gasteiger partial charge >= 0.3 is 6.18 Å². The Kier molecular flexibility index (Phi) is 6.06. The van der Waals surface area contributed by atoms with Gasteiger partial charge in [-0.25, -0.2) is 8.42 Å². The van der Waals surface area contributed by atoms with E-state index >= 15 is 0 Å². The van der Waals surface area contributed by atoms with Gasteiger partial charge in [0.05, 0.1) is 34.6 Å². The molecule has 170 valence electrons. The van der Waals surface area contributed by atoms with Crippen LogP contribution in [0.25, 0.3) is 0 Å². The molecule has 2 heterocycles. The van der Waals surface area contributed by atoms with E-state index < -0.39 is 43.8 Å². The minimum Gasteiger partial charge on any atom is -0.316 e. The zero-order valence-corrected chi connectivity index (χ0v) is 19.2. The zero-order valence-electron chi connectivity index (χ0n) is 16.8. The standard InChI is InChI=1S/C21H18ClF3N2O3S2/c1-12-2-4-13(5-3-12)8-19(28)26-20-27(17-10-32(29,30)11-18(17)31-20)14-6-7-16(22)15(9-14)21(23,24)25/h2-7,9,17-18H,8,10-11H2,1H3. The molecule has 2 atom stereocenters. The van der Waals surface area contributed by atoms with Crippen molar-refractivity contribution in [3.05, 3.63) is 64.2 Å². The van der Waals surface area contributed by atoms with Crippen LogP contribution >= 0.6 is 23.4 Å². The lowest BCUT2D eigenvalue weighted by atomic mass is 10.1. The number of carbonyl (C=O) groups is 1. The molecule has 2 fully saturated rings. The Bertz CT molecular complexity index is 1200. The van der Waals surface area contributed by atoms with E-state index in [2.05, 4.69) is 4.99 Å². The van der Waals surface area contributed by atoms with E-state index in [1.807, 2.05) is 31.2 Å². The first-order chi connectivity index (χ1) is 14.9. The molecule has 11 heteroatoms. The van der Waals surface area contributed by atoms with Crippen LogP contribution in [0.15, 0.2) is 47.5 Å². The quantitative estimate of drug-likeness (QED) is 0.617. The SMILES string of the molecule is Cc1ccc(CC(=O)N=C2SC3CS(=O)(=O)CC3N2c2ccc(Cl)c(C(F)(F)F)c2)cc1. The first-order valence-corrected chi connectivity index (χ1v) is 12.7. The Morgan fingerprint density at radius 3 is 2.53 bits per heavy atom. The van der Waals surface area contributed by atoms with Crippen molar-refractivity contribution in [3.8, 4) is 0 Å². The summed E-state index contributed by atoms with van der Waals surface area (Å²) in [5, 5.41) is -0.684. The van der Waals surface area contributed by atoms with Crippen molar-refractivity contribution < 1.29 is 26.4 Å². The lowest BCUT2D eigenvalue weighted by Gasteiger charge is -2.25. The van der Waals surface area contributed by atoms with Crippen molar-refractivity contribution in [2.45, 2.75) is 30.8 Å². The summed E-state index contributed by atoms with van der Waals surface area (Å²) in [4.78, 5) is 18.2. The first-order valence-electron chi connectivity index (χ1n) is 9.63. The number of rotatable bonds is 3. The van der Waals surface area contributed by atoms with Crippen molar-refractivity contribution in [1.82, 2.24) is 0 Å². The van der Waals surface area contributed by atoms with E-state index in [4.69, 9.17) is 11.6 Å². The molecule has 0 bridgehead atoms. The van der Waals surface area contributed by atoms with Crippen molar-refractivity contribution >= 4 is 50.0 Å². The molecule has 32 heavy (non-hydrogen) atoms. The molecule has 5 nitrogen and oxygen atoms in total. The van der Waals surface area contributed by atoms with Crippen LogP contribution in [-0.4, -0.2) is 42.3 Å². The zero-order chi connectivity index (χ0) is 23.3. The number of aryl methyl sites for hydroxylation is 1. The van der Waals surface area contributed by atoms with Gasteiger partial charge in [0.15, 0.2) is 15.0 Å². The van der Waals surface area contributed by atoms with Gasteiger partial charge in [-0.15, -0.1) is 0 Å². The molecule has 2 aliphatic heterocycles. The number of hydrogen-bond acceptors (Lipinski definition) is 4. The van der Waals surface area contributed by atoms with Crippen molar-refractivity contribution in [2.24, 2.45) is 4.99 Å². The number of amides is 1. The molecular formula is C21H18ClF3N2O3S2. The Morgan fingerprint density at radius 2 is 1.88 bits per heavy atom. The van der Waals surface area contributed by atoms with Gasteiger partial charge in [-0.1, -0.05) is 53.2 Å². The van der Waals surface area contributed by atoms with Crippen LogP contribution in [0, 0.1) is 6.92 Å². The van der Waals surface area contributed by atoms with Gasteiger partial charge in [-0.2, -0.15) is 18.2 Å². The fourth-order valence-corrected chi connectivity index (χ4v) is 7.93. The Balaban J connectivity index is 1.70. The maximum atomic E-state index is 13.4. The molecule has 0 spiro atoms. The Hall–Kier alpha value is -2.04. The monoisotopic (exact) mass is 502 g/mol. The highest BCUT2D eigenvalue weighted by Gasteiger charge is 2.49. The summed E-state index contributed by atoms with van der Waals surface area (Å²) in [7, 11) is -3.35. The number of anilines is 1. The van der Waals surface area contributed by atoms with Crippen molar-refractivity contribution in [3.63, 3.8) is 0 Å². The van der Waals surface area contributed by atoms with E-state index in [1.165, 1.54) is 11.0 Å². The van der Waals surface area contributed by atoms with Crippen LogP contribution in [0.4, 0.5) is 18.9 Å². The summed E-state index contributed by atoms with van der Waals surface area (Å²) in [6.45, 7) is 1.92. The van der Waals surface area contributed by atoms with Gasteiger partial charge in [0, 0.05) is 10.9 Å². The molecule has 1 amide bonds. The molecule has 0 saturated carbocycles. The predicted octanol–water partition coefficient (Wildman–Crippen LogP) is 4.51. The number of thioether (sulfide) groups is 1. The average Bonchev–Trinajstić information content (AvgIpc) is 3.14. The van der Waals surface area contributed by atoms with Crippen LogP contribution in [0.1, 0.15) is 16.7 Å². The fraction of sp³-hybridized carbons (Fsp3) is 0.333. The number of carbonyl (C=O) groups excluding carboxylic acids is 1. The van der Waals surface area contributed by atoms with Crippen LogP contribution in [-0.2, 0) is 27.2 Å². The smallest absolute Gasteiger partial charge is 0.316 e. The number of aliphatic imine (C=N–C) groups is 1. The van der Waals surface area contributed by atoms with Crippen LogP contribution in [0.5, 0.6) is 0 Å². The number of halogens is 4. The maximum Gasteiger partial charge on any atom is 0.417 e. The molecule has 0 N–H and O–H groups in total. The molecule has 0 radical (unpaired) electrons. The normalized spacial score (nSPS) is 23.5. The molecule has 2 unspecified atom stereocenters. The van der Waals surface area contributed by atoms with Gasteiger partial charge in [-0.05, 0) is 30.7 Å². The molecular weight excluding hydrogens is 485 g/mol. The fourth-order valence-electron chi connectivity index (χ4n) is 3.77. The average molecular weight is 503 g/mol. The minimum absolute atomic E-state index is 0.0280. The third-order valence-corrected chi connectivity index (χ3v) is 8.84. The summed E-state index contributed by atoms with van der Waals surface area (Å²) >= 11 is 6.85. The van der Waals surface area contributed by atoms with Gasteiger partial charge in [0.25, 0.3) is 5.91 Å². The molecule has 2 aliphatic rings. The van der Waals surface area contributed by atoms with E-state index in [1.54, 1.807) is 0 Å². The highest BCUT2D eigenvalue weighted by Crippen LogP contribution is 2.43. The minimum atomic E-state index is -4.68. The second-order valence-corrected chi connectivity index (χ2v) is 11.6. The molecule has 2 saturated heterocycles. The molecule has 4 rings (SSSR count). The molecule has 0 aromatic heterocycles. The third-order valence-electron chi connectivity index (χ3n) is 5.30. The van der Waals surface area contributed by atoms with E-state index in [0.717, 1.165) is 35.0 Å². The largest absolute Gasteiger partial charge is 0.417 e. The van der Waals surface area contributed by atoms with Crippen LogP contribution < -0.4 is 4.90 Å². The third kappa shape index (κ3) is 4.82. The Labute approximate surface area is 192 Å². The topological polar surface area (TPSA) is 66.8 Å².